The number of hydrogen-bond acceptors (Lipinski definition) is 6. The van der Waals surface area contributed by atoms with Crippen molar-refractivity contribution < 1.29 is 19.1 Å². The fraction of sp³-hybridized carbons (Fsp3) is 0.321. The number of ether oxygens (including phenoxy) is 2. The molecule has 186 valence electrons. The van der Waals surface area contributed by atoms with Crippen LogP contribution in [0.25, 0.3) is 0 Å². The molecule has 0 unspecified atom stereocenters. The molecule has 8 nitrogen and oxygen atoms in total. The molecule has 0 fully saturated rings. The molecule has 0 saturated carbocycles. The molecule has 3 heterocycles. The Kier molecular flexibility index (Phi) is 7.13. The Morgan fingerprint density at radius 3 is 2.58 bits per heavy atom. The number of pyridine rings is 1. The van der Waals surface area contributed by atoms with Crippen LogP contribution in [0.4, 0.5) is 5.69 Å². The number of rotatable bonds is 3. The van der Waals surface area contributed by atoms with Gasteiger partial charge in [-0.25, -0.2) is 0 Å². The lowest BCUT2D eigenvalue weighted by Gasteiger charge is -2.28. The standard InChI is InChI=1S/C28H30N4O4/c1-21(33)32-14-6-13-30(19-24-8-4-5-12-29-24)15-16-31(18-23-7-2-3-9-25(23)32)28(34)22-10-11-26-27(17-22)36-20-35-26/h2-5,7-12,17H,6,13-16,18-20H2,1H3. The molecule has 3 aromatic rings. The second-order valence-corrected chi connectivity index (χ2v) is 9.04. The Hall–Kier alpha value is -3.91. The van der Waals surface area contributed by atoms with E-state index in [1.165, 1.54) is 0 Å². The van der Waals surface area contributed by atoms with Crippen LogP contribution in [0.1, 0.15) is 35.0 Å². The minimum Gasteiger partial charge on any atom is -0.454 e. The highest BCUT2D eigenvalue weighted by atomic mass is 16.7. The van der Waals surface area contributed by atoms with Gasteiger partial charge in [0.2, 0.25) is 12.7 Å². The molecular weight excluding hydrogens is 456 g/mol. The van der Waals surface area contributed by atoms with Gasteiger partial charge in [-0.2, -0.15) is 0 Å². The highest BCUT2D eigenvalue weighted by Crippen LogP contribution is 2.33. The van der Waals surface area contributed by atoms with Crippen LogP contribution in [0.3, 0.4) is 0 Å². The van der Waals surface area contributed by atoms with Crippen LogP contribution in [0.15, 0.2) is 66.9 Å². The van der Waals surface area contributed by atoms with E-state index < -0.39 is 0 Å². The van der Waals surface area contributed by atoms with E-state index in [4.69, 9.17) is 9.47 Å². The van der Waals surface area contributed by atoms with Gasteiger partial charge in [0.1, 0.15) is 0 Å². The summed E-state index contributed by atoms with van der Waals surface area (Å²) < 4.78 is 10.9. The van der Waals surface area contributed by atoms with Gasteiger partial charge in [-0.1, -0.05) is 24.3 Å². The topological polar surface area (TPSA) is 75.2 Å². The number of fused-ring (bicyclic) bond motifs is 2. The van der Waals surface area contributed by atoms with Gasteiger partial charge in [-0.05, 0) is 48.4 Å². The molecule has 0 radical (unpaired) electrons. The van der Waals surface area contributed by atoms with Gasteiger partial charge < -0.3 is 19.3 Å². The third kappa shape index (κ3) is 5.33. The zero-order valence-corrected chi connectivity index (χ0v) is 20.4. The summed E-state index contributed by atoms with van der Waals surface area (Å²) in [5.41, 5.74) is 3.32. The Bertz CT molecular complexity index is 1230. The summed E-state index contributed by atoms with van der Waals surface area (Å²) >= 11 is 0. The van der Waals surface area contributed by atoms with Crippen molar-refractivity contribution in [3.63, 3.8) is 0 Å². The van der Waals surface area contributed by atoms with Crippen molar-refractivity contribution in [1.82, 2.24) is 14.8 Å². The summed E-state index contributed by atoms with van der Waals surface area (Å²) in [7, 11) is 0. The van der Waals surface area contributed by atoms with Gasteiger partial charge >= 0.3 is 0 Å². The molecule has 2 aliphatic heterocycles. The van der Waals surface area contributed by atoms with E-state index in [9.17, 15) is 9.59 Å². The molecule has 0 N–H and O–H groups in total. The van der Waals surface area contributed by atoms with Gasteiger partial charge in [0.25, 0.3) is 5.91 Å². The summed E-state index contributed by atoms with van der Waals surface area (Å²) in [6.45, 7) is 5.45. The molecule has 0 aliphatic carbocycles. The SMILES string of the molecule is CC(=O)N1CCCN(Cc2ccccn2)CCN(C(=O)c2ccc3c(c2)OCO3)Cc2ccccc21. The average Bonchev–Trinajstić information content (AvgIpc) is 3.36. The maximum atomic E-state index is 13.8. The summed E-state index contributed by atoms with van der Waals surface area (Å²) in [6.07, 6.45) is 2.61. The Morgan fingerprint density at radius 1 is 0.917 bits per heavy atom. The van der Waals surface area contributed by atoms with Crippen molar-refractivity contribution in [2.75, 3.05) is 37.9 Å². The molecule has 2 amide bonds. The quantitative estimate of drug-likeness (QED) is 0.562. The van der Waals surface area contributed by atoms with Crippen LogP contribution in [-0.4, -0.2) is 59.6 Å². The monoisotopic (exact) mass is 486 g/mol. The number of carbonyl (C=O) groups excluding carboxylic acids is 2. The molecular formula is C28H30N4O4. The number of carbonyl (C=O) groups is 2. The van der Waals surface area contributed by atoms with Crippen LogP contribution >= 0.6 is 0 Å². The molecule has 36 heavy (non-hydrogen) atoms. The number of nitrogens with zero attached hydrogens (tertiary/aromatic N) is 4. The van der Waals surface area contributed by atoms with Crippen molar-refractivity contribution >= 4 is 17.5 Å². The number of benzene rings is 2. The molecule has 2 aliphatic rings. The van der Waals surface area contributed by atoms with Crippen molar-refractivity contribution in [3.05, 3.63) is 83.7 Å². The zero-order valence-electron chi connectivity index (χ0n) is 20.4. The molecule has 8 heteroatoms. The first-order chi connectivity index (χ1) is 17.6. The maximum Gasteiger partial charge on any atom is 0.254 e. The van der Waals surface area contributed by atoms with Gasteiger partial charge in [-0.15, -0.1) is 0 Å². The van der Waals surface area contributed by atoms with E-state index in [0.29, 0.717) is 49.8 Å². The summed E-state index contributed by atoms with van der Waals surface area (Å²) in [4.78, 5) is 36.8. The number of aromatic nitrogens is 1. The minimum atomic E-state index is -0.0884. The second-order valence-electron chi connectivity index (χ2n) is 9.04. The van der Waals surface area contributed by atoms with Crippen LogP contribution in [0.2, 0.25) is 0 Å². The average molecular weight is 487 g/mol. The van der Waals surface area contributed by atoms with Crippen molar-refractivity contribution in [2.45, 2.75) is 26.4 Å². The zero-order chi connectivity index (χ0) is 24.9. The number of hydrogen-bond donors (Lipinski definition) is 0. The Morgan fingerprint density at radius 2 is 1.75 bits per heavy atom. The molecule has 0 spiro atoms. The first-order valence-electron chi connectivity index (χ1n) is 12.3. The molecule has 5 rings (SSSR count). The van der Waals surface area contributed by atoms with Gasteiger partial charge in [-0.3, -0.25) is 19.5 Å². The lowest BCUT2D eigenvalue weighted by molar-refractivity contribution is -0.116. The fourth-order valence-electron chi connectivity index (χ4n) is 4.73. The van der Waals surface area contributed by atoms with Crippen molar-refractivity contribution in [2.24, 2.45) is 0 Å². The largest absolute Gasteiger partial charge is 0.454 e. The molecule has 1 aromatic heterocycles. The minimum absolute atomic E-state index is 0.00776. The van der Waals surface area contributed by atoms with E-state index in [1.807, 2.05) is 52.3 Å². The molecule has 0 saturated heterocycles. The number of amides is 2. The smallest absolute Gasteiger partial charge is 0.254 e. The fourth-order valence-corrected chi connectivity index (χ4v) is 4.73. The Balaban J connectivity index is 1.46. The second kappa shape index (κ2) is 10.8. The number of para-hydroxylation sites is 1. The van der Waals surface area contributed by atoms with Gasteiger partial charge in [0, 0.05) is 63.6 Å². The molecule has 0 bridgehead atoms. The molecule has 0 atom stereocenters. The predicted molar refractivity (Wildman–Crippen MR) is 136 cm³/mol. The third-order valence-corrected chi connectivity index (χ3v) is 6.58. The van der Waals surface area contributed by atoms with E-state index in [0.717, 1.165) is 29.9 Å². The predicted octanol–water partition coefficient (Wildman–Crippen LogP) is 3.71. The van der Waals surface area contributed by atoms with E-state index in [2.05, 4.69) is 9.88 Å². The summed E-state index contributed by atoms with van der Waals surface area (Å²) in [6, 6.07) is 19.1. The van der Waals surface area contributed by atoms with E-state index in [1.54, 1.807) is 31.3 Å². The normalized spacial score (nSPS) is 16.2. The highest BCUT2D eigenvalue weighted by Gasteiger charge is 2.24. The molecule has 2 aromatic carbocycles. The van der Waals surface area contributed by atoms with Crippen molar-refractivity contribution in [3.8, 4) is 11.5 Å². The van der Waals surface area contributed by atoms with Crippen molar-refractivity contribution in [1.29, 1.82) is 0 Å². The third-order valence-electron chi connectivity index (χ3n) is 6.58. The van der Waals surface area contributed by atoms with Crippen LogP contribution < -0.4 is 14.4 Å². The summed E-state index contributed by atoms with van der Waals surface area (Å²) in [5.74, 6) is 1.13. The first-order valence-corrected chi connectivity index (χ1v) is 12.3. The van der Waals surface area contributed by atoms with Crippen LogP contribution in [0.5, 0.6) is 11.5 Å². The van der Waals surface area contributed by atoms with Gasteiger partial charge in [0.15, 0.2) is 11.5 Å². The van der Waals surface area contributed by atoms with E-state index >= 15 is 0 Å². The Labute approximate surface area is 211 Å². The van der Waals surface area contributed by atoms with E-state index in [-0.39, 0.29) is 18.6 Å². The lowest BCUT2D eigenvalue weighted by Crippen LogP contribution is -2.38. The van der Waals surface area contributed by atoms with Crippen LogP contribution in [-0.2, 0) is 17.9 Å². The first kappa shape index (κ1) is 23.8. The van der Waals surface area contributed by atoms with Gasteiger partial charge in [0.05, 0.1) is 5.69 Å². The maximum absolute atomic E-state index is 13.8. The number of anilines is 1. The van der Waals surface area contributed by atoms with Crippen LogP contribution in [0, 0.1) is 0 Å². The summed E-state index contributed by atoms with van der Waals surface area (Å²) in [5, 5.41) is 0. The highest BCUT2D eigenvalue weighted by molar-refractivity contribution is 5.95. The lowest BCUT2D eigenvalue weighted by atomic mass is 10.1.